The second-order valence-electron chi connectivity index (χ2n) is 3.96. The topological polar surface area (TPSA) is 83.0 Å². The van der Waals surface area contributed by atoms with Gasteiger partial charge in [0.05, 0.1) is 0 Å². The van der Waals surface area contributed by atoms with Gasteiger partial charge in [-0.05, 0) is 6.92 Å². The number of rotatable bonds is 10. The summed E-state index contributed by atoms with van der Waals surface area (Å²) in [5.41, 5.74) is 11.2. The molecule has 0 aromatic rings. The van der Waals surface area contributed by atoms with Gasteiger partial charge in [0, 0.05) is 59.6 Å². The van der Waals surface area contributed by atoms with E-state index in [1.807, 2.05) is 0 Å². The van der Waals surface area contributed by atoms with Crippen molar-refractivity contribution in [3.05, 3.63) is 0 Å². The zero-order valence-corrected chi connectivity index (χ0v) is 12.4. The van der Waals surface area contributed by atoms with E-state index in [1.165, 1.54) is 0 Å². The van der Waals surface area contributed by atoms with Crippen LogP contribution in [0.5, 0.6) is 0 Å². The third-order valence-corrected chi connectivity index (χ3v) is 5.89. The van der Waals surface area contributed by atoms with Crippen LogP contribution in [0.2, 0.25) is 6.04 Å². The maximum Gasteiger partial charge on any atom is 0.501 e. The molecule has 0 spiro atoms. The van der Waals surface area contributed by atoms with E-state index < -0.39 is 8.80 Å². The van der Waals surface area contributed by atoms with Gasteiger partial charge in [-0.15, -0.1) is 0 Å². The van der Waals surface area contributed by atoms with Crippen molar-refractivity contribution in [3.8, 4) is 0 Å². The molecule has 0 rings (SSSR count). The molecule has 7 heteroatoms. The number of hydrogen-bond donors (Lipinski definition) is 2. The average molecular weight is 265 g/mol. The zero-order chi connectivity index (χ0) is 13.3. The predicted octanol–water partition coefficient (Wildman–Crippen LogP) is -0.528. The van der Waals surface area contributed by atoms with E-state index in [1.54, 1.807) is 21.3 Å². The molecule has 0 saturated heterocycles. The largest absolute Gasteiger partial charge is 0.501 e. The molecule has 104 valence electrons. The minimum Gasteiger partial charge on any atom is -0.377 e. The molecule has 0 aliphatic rings. The van der Waals surface area contributed by atoms with Gasteiger partial charge in [-0.2, -0.15) is 0 Å². The SMILES string of the molecule is CO[Si](CC(C)N(CCN)CCN)(OC)OC. The third kappa shape index (κ3) is 5.43. The number of nitrogens with zero attached hydrogens (tertiary/aromatic N) is 1. The molecule has 1 atom stereocenters. The molecule has 0 saturated carbocycles. The van der Waals surface area contributed by atoms with Gasteiger partial charge < -0.3 is 24.7 Å². The summed E-state index contributed by atoms with van der Waals surface area (Å²) < 4.78 is 16.3. The third-order valence-electron chi connectivity index (χ3n) is 2.93. The first-order chi connectivity index (χ1) is 8.09. The highest BCUT2D eigenvalue weighted by Gasteiger charge is 2.40. The molecule has 0 bridgehead atoms. The Morgan fingerprint density at radius 2 is 1.41 bits per heavy atom. The monoisotopic (exact) mass is 265 g/mol. The fraction of sp³-hybridized carbons (Fsp3) is 1.00. The quantitative estimate of drug-likeness (QED) is 0.517. The Morgan fingerprint density at radius 1 is 1.00 bits per heavy atom. The Bertz CT molecular complexity index is 179. The summed E-state index contributed by atoms with van der Waals surface area (Å²) in [5, 5.41) is 0. The molecule has 0 fully saturated rings. The Balaban J connectivity index is 4.48. The molecule has 17 heavy (non-hydrogen) atoms. The first-order valence-electron chi connectivity index (χ1n) is 5.88. The minimum atomic E-state index is -2.52. The molecule has 0 aromatic heterocycles. The molecular formula is C10H27N3O3Si. The highest BCUT2D eigenvalue weighted by atomic mass is 28.4. The van der Waals surface area contributed by atoms with E-state index in [4.69, 9.17) is 24.7 Å². The van der Waals surface area contributed by atoms with Crippen LogP contribution in [0.1, 0.15) is 6.92 Å². The Labute approximate surface area is 106 Å². The van der Waals surface area contributed by atoms with Gasteiger partial charge in [-0.3, -0.25) is 4.90 Å². The second kappa shape index (κ2) is 8.98. The fourth-order valence-electron chi connectivity index (χ4n) is 1.88. The van der Waals surface area contributed by atoms with Gasteiger partial charge in [0.1, 0.15) is 0 Å². The van der Waals surface area contributed by atoms with E-state index in [-0.39, 0.29) is 6.04 Å². The molecule has 0 amide bonds. The van der Waals surface area contributed by atoms with Gasteiger partial charge in [-0.25, -0.2) is 0 Å². The Hall–Kier alpha value is -0.0231. The van der Waals surface area contributed by atoms with Crippen molar-refractivity contribution >= 4 is 8.80 Å². The molecule has 1 unspecified atom stereocenters. The summed E-state index contributed by atoms with van der Waals surface area (Å²) in [6.07, 6.45) is 0. The van der Waals surface area contributed by atoms with Crippen LogP contribution in [0.15, 0.2) is 0 Å². The molecule has 0 heterocycles. The maximum atomic E-state index is 5.59. The van der Waals surface area contributed by atoms with Crippen LogP contribution in [-0.2, 0) is 13.3 Å². The summed E-state index contributed by atoms with van der Waals surface area (Å²) in [4.78, 5) is 2.23. The van der Waals surface area contributed by atoms with Crippen LogP contribution in [0.4, 0.5) is 0 Å². The Kier molecular flexibility index (Phi) is 8.97. The van der Waals surface area contributed by atoms with Crippen LogP contribution in [0.25, 0.3) is 0 Å². The van der Waals surface area contributed by atoms with Crippen molar-refractivity contribution < 1.29 is 13.3 Å². The van der Waals surface area contributed by atoms with Crippen LogP contribution in [0.3, 0.4) is 0 Å². The Morgan fingerprint density at radius 3 is 1.71 bits per heavy atom. The molecule has 4 N–H and O–H groups in total. The average Bonchev–Trinajstić information content (AvgIpc) is 2.35. The maximum absolute atomic E-state index is 5.59. The normalized spacial score (nSPS) is 14.3. The van der Waals surface area contributed by atoms with Crippen molar-refractivity contribution in [2.45, 2.75) is 19.0 Å². The first-order valence-corrected chi connectivity index (χ1v) is 7.82. The summed E-state index contributed by atoms with van der Waals surface area (Å²) in [6, 6.07) is 1.00. The predicted molar refractivity (Wildman–Crippen MR) is 70.7 cm³/mol. The van der Waals surface area contributed by atoms with E-state index in [9.17, 15) is 0 Å². The van der Waals surface area contributed by atoms with Crippen LogP contribution in [0, 0.1) is 0 Å². The van der Waals surface area contributed by atoms with Gasteiger partial charge in [0.2, 0.25) is 0 Å². The molecular weight excluding hydrogens is 238 g/mol. The van der Waals surface area contributed by atoms with Crippen LogP contribution >= 0.6 is 0 Å². The van der Waals surface area contributed by atoms with Gasteiger partial charge >= 0.3 is 8.80 Å². The highest BCUT2D eigenvalue weighted by molar-refractivity contribution is 6.60. The molecule has 0 aliphatic heterocycles. The van der Waals surface area contributed by atoms with Crippen LogP contribution < -0.4 is 11.5 Å². The highest BCUT2D eigenvalue weighted by Crippen LogP contribution is 2.18. The summed E-state index contributed by atoms with van der Waals surface area (Å²) in [6.45, 7) is 4.99. The van der Waals surface area contributed by atoms with Crippen molar-refractivity contribution in [2.75, 3.05) is 47.5 Å². The summed E-state index contributed by atoms with van der Waals surface area (Å²) in [5.74, 6) is 0. The smallest absolute Gasteiger partial charge is 0.377 e. The summed E-state index contributed by atoms with van der Waals surface area (Å²) in [7, 11) is 2.36. The van der Waals surface area contributed by atoms with Crippen molar-refractivity contribution in [2.24, 2.45) is 11.5 Å². The van der Waals surface area contributed by atoms with Crippen LogP contribution in [-0.4, -0.2) is 67.3 Å². The summed E-state index contributed by atoms with van der Waals surface area (Å²) >= 11 is 0. The van der Waals surface area contributed by atoms with Gasteiger partial charge in [0.25, 0.3) is 0 Å². The number of nitrogens with two attached hydrogens (primary N) is 2. The zero-order valence-electron chi connectivity index (χ0n) is 11.4. The lowest BCUT2D eigenvalue weighted by Gasteiger charge is -2.33. The van der Waals surface area contributed by atoms with E-state index in [0.29, 0.717) is 13.1 Å². The van der Waals surface area contributed by atoms with Crippen molar-refractivity contribution in [3.63, 3.8) is 0 Å². The molecule has 0 radical (unpaired) electrons. The van der Waals surface area contributed by atoms with E-state index in [2.05, 4.69) is 11.8 Å². The lowest BCUT2D eigenvalue weighted by atomic mass is 10.3. The van der Waals surface area contributed by atoms with Gasteiger partial charge in [-0.1, -0.05) is 0 Å². The number of hydrogen-bond acceptors (Lipinski definition) is 6. The molecule has 0 aliphatic carbocycles. The standard InChI is InChI=1S/C10H27N3O3Si/c1-10(13(7-5-11)8-6-12)9-17(14-2,15-3)16-4/h10H,5-9,11-12H2,1-4H3. The van der Waals surface area contributed by atoms with E-state index in [0.717, 1.165) is 19.1 Å². The minimum absolute atomic E-state index is 0.272. The fourth-order valence-corrected chi connectivity index (χ4v) is 3.86. The first kappa shape index (κ1) is 17.0. The lowest BCUT2D eigenvalue weighted by molar-refractivity contribution is 0.109. The van der Waals surface area contributed by atoms with Crippen molar-refractivity contribution in [1.29, 1.82) is 0 Å². The van der Waals surface area contributed by atoms with E-state index >= 15 is 0 Å². The second-order valence-corrected chi connectivity index (χ2v) is 6.96. The molecule has 6 nitrogen and oxygen atoms in total. The van der Waals surface area contributed by atoms with Gasteiger partial charge in [0.15, 0.2) is 0 Å². The molecule has 0 aromatic carbocycles. The lowest BCUT2D eigenvalue weighted by Crippen LogP contribution is -2.50. The van der Waals surface area contributed by atoms with Crippen molar-refractivity contribution in [1.82, 2.24) is 4.90 Å².